The van der Waals surface area contributed by atoms with Crippen molar-refractivity contribution in [1.82, 2.24) is 9.97 Å². The van der Waals surface area contributed by atoms with Crippen LogP contribution in [0.1, 0.15) is 11.1 Å². The number of nitrogens with zero attached hydrogens (tertiary/aromatic N) is 1. The van der Waals surface area contributed by atoms with Crippen molar-refractivity contribution in [3.05, 3.63) is 63.7 Å². The van der Waals surface area contributed by atoms with E-state index in [1.54, 1.807) is 12.1 Å². The van der Waals surface area contributed by atoms with Crippen LogP contribution in [0.3, 0.4) is 0 Å². The van der Waals surface area contributed by atoms with Gasteiger partial charge in [-0.2, -0.15) is 13.2 Å². The molecule has 0 aliphatic carbocycles. The first kappa shape index (κ1) is 15.2. The predicted molar refractivity (Wildman–Crippen MR) is 77.5 cm³/mol. The molecule has 1 heterocycles. The molecule has 3 rings (SSSR count). The summed E-state index contributed by atoms with van der Waals surface area (Å²) in [6, 6.07) is 8.19. The van der Waals surface area contributed by atoms with E-state index in [0.29, 0.717) is 0 Å². The quantitative estimate of drug-likeness (QED) is 0.687. The Balaban J connectivity index is 2.36. The number of hydrogen-bond acceptors (Lipinski definition) is 2. The Hall–Kier alpha value is -2.70. The topological polar surface area (TPSA) is 45.8 Å². The van der Waals surface area contributed by atoms with Crippen LogP contribution in [0.2, 0.25) is 0 Å². The highest BCUT2D eigenvalue weighted by atomic mass is 19.4. The molecule has 1 N–H and O–H groups in total. The van der Waals surface area contributed by atoms with Crippen molar-refractivity contribution in [2.75, 3.05) is 0 Å². The molecule has 7 heteroatoms. The summed E-state index contributed by atoms with van der Waals surface area (Å²) in [7, 11) is 0. The molecule has 3 nitrogen and oxygen atoms in total. The van der Waals surface area contributed by atoms with E-state index in [1.165, 1.54) is 12.1 Å². The van der Waals surface area contributed by atoms with Gasteiger partial charge in [0.25, 0.3) is 5.56 Å². The number of aromatic nitrogens is 2. The van der Waals surface area contributed by atoms with Crippen LogP contribution in [-0.2, 0) is 6.18 Å². The average molecular weight is 322 g/mol. The number of alkyl halides is 3. The van der Waals surface area contributed by atoms with Gasteiger partial charge in [0.1, 0.15) is 11.6 Å². The van der Waals surface area contributed by atoms with Crippen molar-refractivity contribution < 1.29 is 17.6 Å². The highest BCUT2D eigenvalue weighted by Crippen LogP contribution is 2.39. The number of fused-ring (bicyclic) bond motifs is 1. The van der Waals surface area contributed by atoms with Crippen molar-refractivity contribution >= 4 is 10.9 Å². The number of para-hydroxylation sites is 1. The van der Waals surface area contributed by atoms with Gasteiger partial charge in [-0.3, -0.25) is 4.79 Å². The maximum atomic E-state index is 13.5. The molecule has 0 bridgehead atoms. The number of benzene rings is 2. The van der Waals surface area contributed by atoms with Crippen LogP contribution in [0.25, 0.3) is 22.3 Å². The molecule has 1 aromatic heterocycles. The summed E-state index contributed by atoms with van der Waals surface area (Å²) < 4.78 is 53.5. The smallest absolute Gasteiger partial charge is 0.306 e. The first-order valence-corrected chi connectivity index (χ1v) is 6.65. The Morgan fingerprint density at radius 1 is 1.09 bits per heavy atom. The van der Waals surface area contributed by atoms with Gasteiger partial charge in [0, 0.05) is 5.56 Å². The van der Waals surface area contributed by atoms with E-state index in [9.17, 15) is 22.4 Å². The van der Waals surface area contributed by atoms with Crippen molar-refractivity contribution in [2.45, 2.75) is 13.1 Å². The van der Waals surface area contributed by atoms with E-state index in [-0.39, 0.29) is 22.3 Å². The molecule has 0 saturated carbocycles. The van der Waals surface area contributed by atoms with Gasteiger partial charge in [-0.1, -0.05) is 12.1 Å². The van der Waals surface area contributed by atoms with E-state index >= 15 is 0 Å². The van der Waals surface area contributed by atoms with Crippen molar-refractivity contribution in [2.24, 2.45) is 0 Å². The Labute approximate surface area is 127 Å². The lowest BCUT2D eigenvalue weighted by Gasteiger charge is -2.15. The second-order valence-electron chi connectivity index (χ2n) is 5.02. The molecule has 0 fully saturated rings. The lowest BCUT2D eigenvalue weighted by molar-refractivity contribution is -0.137. The first-order valence-electron chi connectivity index (χ1n) is 6.65. The van der Waals surface area contributed by atoms with Gasteiger partial charge in [0.05, 0.1) is 16.5 Å². The minimum absolute atomic E-state index is 0.246. The van der Waals surface area contributed by atoms with E-state index < -0.39 is 28.7 Å². The third-order valence-corrected chi connectivity index (χ3v) is 3.55. The third kappa shape index (κ3) is 2.58. The minimum atomic E-state index is -4.77. The third-order valence-electron chi connectivity index (χ3n) is 3.55. The minimum Gasteiger partial charge on any atom is -0.306 e. The van der Waals surface area contributed by atoms with E-state index in [0.717, 1.165) is 19.1 Å². The molecular weight excluding hydrogens is 312 g/mol. The summed E-state index contributed by atoms with van der Waals surface area (Å²) in [6.45, 7) is 1.04. The largest absolute Gasteiger partial charge is 0.417 e. The van der Waals surface area contributed by atoms with Crippen LogP contribution in [0.4, 0.5) is 17.6 Å². The van der Waals surface area contributed by atoms with Gasteiger partial charge >= 0.3 is 6.18 Å². The number of rotatable bonds is 1. The fraction of sp³-hybridized carbons (Fsp3) is 0.125. The highest BCUT2D eigenvalue weighted by molar-refractivity contribution is 5.79. The molecular formula is C16H10F4N2O. The summed E-state index contributed by atoms with van der Waals surface area (Å²) in [4.78, 5) is 18.4. The fourth-order valence-electron chi connectivity index (χ4n) is 2.46. The van der Waals surface area contributed by atoms with Crippen LogP contribution in [0, 0.1) is 12.7 Å². The zero-order valence-corrected chi connectivity index (χ0v) is 11.8. The summed E-state index contributed by atoms with van der Waals surface area (Å²) in [5.74, 6) is -1.21. The molecule has 118 valence electrons. The normalized spacial score (nSPS) is 11.9. The van der Waals surface area contributed by atoms with E-state index in [2.05, 4.69) is 9.97 Å². The van der Waals surface area contributed by atoms with Crippen LogP contribution in [0.15, 0.2) is 41.2 Å². The summed E-state index contributed by atoms with van der Waals surface area (Å²) in [5.41, 5.74) is -2.33. The molecule has 3 aromatic rings. The summed E-state index contributed by atoms with van der Waals surface area (Å²) >= 11 is 0. The first-order chi connectivity index (χ1) is 10.8. The number of nitrogens with one attached hydrogen (secondary N) is 1. The maximum Gasteiger partial charge on any atom is 0.417 e. The van der Waals surface area contributed by atoms with Gasteiger partial charge < -0.3 is 4.98 Å². The zero-order chi connectivity index (χ0) is 16.8. The van der Waals surface area contributed by atoms with Crippen LogP contribution in [-0.4, -0.2) is 9.97 Å². The standard InChI is InChI=1S/C16H10F4N2O/c1-8-11(17)7-6-10(13(8)16(18,19)20)14-21-12-5-3-2-4-9(12)15(23)22-14/h2-7H,1H3,(H,21,22,23). The molecule has 0 aliphatic rings. The van der Waals surface area contributed by atoms with E-state index in [1.807, 2.05) is 0 Å². The van der Waals surface area contributed by atoms with Crippen LogP contribution >= 0.6 is 0 Å². The van der Waals surface area contributed by atoms with Gasteiger partial charge in [0.2, 0.25) is 0 Å². The number of aromatic amines is 1. The maximum absolute atomic E-state index is 13.5. The highest BCUT2D eigenvalue weighted by Gasteiger charge is 2.37. The van der Waals surface area contributed by atoms with Crippen LogP contribution < -0.4 is 5.56 Å². The summed E-state index contributed by atoms with van der Waals surface area (Å²) in [6.07, 6.45) is -4.77. The van der Waals surface area contributed by atoms with Crippen LogP contribution in [0.5, 0.6) is 0 Å². The van der Waals surface area contributed by atoms with Gasteiger partial charge in [0.15, 0.2) is 0 Å². The molecule has 0 radical (unpaired) electrons. The molecule has 2 aromatic carbocycles. The predicted octanol–water partition coefficient (Wildman–Crippen LogP) is 4.06. The second-order valence-corrected chi connectivity index (χ2v) is 5.02. The molecule has 0 amide bonds. The Bertz CT molecular complexity index is 960. The van der Waals surface area contributed by atoms with Gasteiger partial charge in [-0.25, -0.2) is 9.37 Å². The molecule has 0 atom stereocenters. The summed E-state index contributed by atoms with van der Waals surface area (Å²) in [5, 5.41) is 0.267. The Morgan fingerprint density at radius 3 is 2.48 bits per heavy atom. The van der Waals surface area contributed by atoms with Crippen molar-refractivity contribution in [3.63, 3.8) is 0 Å². The monoisotopic (exact) mass is 322 g/mol. The SMILES string of the molecule is Cc1c(F)ccc(-c2nc3ccccc3c(=O)[nH]2)c1C(F)(F)F. The average Bonchev–Trinajstić information content (AvgIpc) is 2.48. The number of hydrogen-bond donors (Lipinski definition) is 1. The van der Waals surface area contributed by atoms with Crippen molar-refractivity contribution in [1.29, 1.82) is 0 Å². The fourth-order valence-corrected chi connectivity index (χ4v) is 2.46. The molecule has 0 spiro atoms. The van der Waals surface area contributed by atoms with Crippen molar-refractivity contribution in [3.8, 4) is 11.4 Å². The Morgan fingerprint density at radius 2 is 1.78 bits per heavy atom. The number of H-pyrrole nitrogens is 1. The van der Waals surface area contributed by atoms with E-state index in [4.69, 9.17) is 0 Å². The molecule has 23 heavy (non-hydrogen) atoms. The molecule has 0 saturated heterocycles. The van der Waals surface area contributed by atoms with Gasteiger partial charge in [-0.15, -0.1) is 0 Å². The molecule has 0 unspecified atom stereocenters. The second kappa shape index (κ2) is 5.19. The lowest BCUT2D eigenvalue weighted by Crippen LogP contribution is -2.15. The molecule has 0 aliphatic heterocycles. The number of halogens is 4. The Kier molecular flexibility index (Phi) is 3.43. The lowest BCUT2D eigenvalue weighted by atomic mass is 10.00. The zero-order valence-electron chi connectivity index (χ0n) is 11.8. The van der Waals surface area contributed by atoms with Gasteiger partial charge in [-0.05, 0) is 36.8 Å².